The average Bonchev–Trinajstić information content (AvgIpc) is 2.79. The molecule has 144 valence electrons. The van der Waals surface area contributed by atoms with Gasteiger partial charge in [0, 0.05) is 44.0 Å². The van der Waals surface area contributed by atoms with Crippen molar-refractivity contribution in [3.63, 3.8) is 0 Å². The summed E-state index contributed by atoms with van der Waals surface area (Å²) in [5, 5.41) is 1.04. The fourth-order valence-electron chi connectivity index (χ4n) is 3.72. The van der Waals surface area contributed by atoms with E-state index in [4.69, 9.17) is 5.73 Å². The number of hydrogen-bond donors (Lipinski definition) is 1. The number of nitrogen functional groups attached to an aromatic ring is 1. The molecule has 0 atom stereocenters. The van der Waals surface area contributed by atoms with Crippen molar-refractivity contribution in [3.8, 4) is 11.1 Å². The van der Waals surface area contributed by atoms with E-state index in [1.807, 2.05) is 24.3 Å². The van der Waals surface area contributed by atoms with Crippen LogP contribution < -0.4 is 15.5 Å². The number of piperazine rings is 1. The van der Waals surface area contributed by atoms with Gasteiger partial charge in [0.15, 0.2) is 0 Å². The number of aromatic nitrogens is 5. The van der Waals surface area contributed by atoms with Gasteiger partial charge < -0.3 is 15.5 Å². The maximum Gasteiger partial charge on any atom is 0.140 e. The lowest BCUT2D eigenvalue weighted by atomic mass is 10.0. The Kier molecular flexibility index (Phi) is 4.36. The lowest BCUT2D eigenvalue weighted by Crippen LogP contribution is -2.47. The van der Waals surface area contributed by atoms with E-state index in [2.05, 4.69) is 46.9 Å². The zero-order valence-corrected chi connectivity index (χ0v) is 15.8. The van der Waals surface area contributed by atoms with E-state index < -0.39 is 0 Å². The van der Waals surface area contributed by atoms with Crippen LogP contribution in [0, 0.1) is 0 Å². The van der Waals surface area contributed by atoms with Crippen LogP contribution in [-0.4, -0.2) is 51.1 Å². The predicted molar refractivity (Wildman–Crippen MR) is 114 cm³/mol. The van der Waals surface area contributed by atoms with Crippen molar-refractivity contribution in [2.24, 2.45) is 0 Å². The highest BCUT2D eigenvalue weighted by atomic mass is 15.3. The van der Waals surface area contributed by atoms with Gasteiger partial charge in [-0.2, -0.15) is 0 Å². The molecular formula is C21H20N8. The van der Waals surface area contributed by atoms with Gasteiger partial charge >= 0.3 is 0 Å². The molecule has 0 unspecified atom stereocenters. The second kappa shape index (κ2) is 7.31. The van der Waals surface area contributed by atoms with Gasteiger partial charge in [-0.3, -0.25) is 0 Å². The molecule has 0 amide bonds. The zero-order chi connectivity index (χ0) is 19.6. The molecule has 0 saturated carbocycles. The van der Waals surface area contributed by atoms with Gasteiger partial charge in [-0.15, -0.1) is 0 Å². The summed E-state index contributed by atoms with van der Waals surface area (Å²) in [6.07, 6.45) is 6.73. The Hall–Kier alpha value is -3.81. The molecule has 5 rings (SSSR count). The lowest BCUT2D eigenvalue weighted by Gasteiger charge is -2.36. The van der Waals surface area contributed by atoms with E-state index in [9.17, 15) is 0 Å². The predicted octanol–water partition coefficient (Wildman–Crippen LogP) is 2.39. The van der Waals surface area contributed by atoms with Crippen LogP contribution in [0.4, 0.5) is 17.5 Å². The Bertz CT molecular complexity index is 1140. The smallest absolute Gasteiger partial charge is 0.140 e. The molecule has 1 fully saturated rings. The number of anilines is 3. The summed E-state index contributed by atoms with van der Waals surface area (Å²) in [5.41, 5.74) is 8.89. The minimum atomic E-state index is 0.507. The molecule has 8 nitrogen and oxygen atoms in total. The van der Waals surface area contributed by atoms with Gasteiger partial charge in [0.2, 0.25) is 0 Å². The van der Waals surface area contributed by atoms with E-state index in [0.29, 0.717) is 5.82 Å². The number of hydrogen-bond acceptors (Lipinski definition) is 8. The highest BCUT2D eigenvalue weighted by molar-refractivity contribution is 5.93. The SMILES string of the molecule is Nc1cc(-c2ccc3ncnc(N4CCN(c5ccncn5)CC4)c3c2)ccn1. The van der Waals surface area contributed by atoms with Gasteiger partial charge in [0.05, 0.1) is 5.52 Å². The molecule has 8 heteroatoms. The first-order valence-electron chi connectivity index (χ1n) is 9.50. The number of nitrogens with zero attached hydrogens (tertiary/aromatic N) is 7. The number of benzene rings is 1. The molecule has 4 aromatic rings. The Labute approximate surface area is 168 Å². The maximum absolute atomic E-state index is 5.86. The number of pyridine rings is 1. The van der Waals surface area contributed by atoms with E-state index in [0.717, 1.165) is 59.8 Å². The normalized spacial score (nSPS) is 14.3. The second-order valence-electron chi connectivity index (χ2n) is 6.94. The molecule has 1 aromatic carbocycles. The van der Waals surface area contributed by atoms with Gasteiger partial charge in [0.1, 0.15) is 30.1 Å². The van der Waals surface area contributed by atoms with Crippen LogP contribution in [0.3, 0.4) is 0 Å². The Morgan fingerprint density at radius 2 is 1.55 bits per heavy atom. The number of fused-ring (bicyclic) bond motifs is 1. The topological polar surface area (TPSA) is 97.0 Å². The summed E-state index contributed by atoms with van der Waals surface area (Å²) < 4.78 is 0. The van der Waals surface area contributed by atoms with Crippen LogP contribution >= 0.6 is 0 Å². The van der Waals surface area contributed by atoms with Crippen LogP contribution in [0.2, 0.25) is 0 Å². The first-order chi connectivity index (χ1) is 14.3. The molecular weight excluding hydrogens is 364 g/mol. The summed E-state index contributed by atoms with van der Waals surface area (Å²) in [4.78, 5) is 26.1. The summed E-state index contributed by atoms with van der Waals surface area (Å²) in [6.45, 7) is 3.48. The zero-order valence-electron chi connectivity index (χ0n) is 15.8. The molecule has 0 bridgehead atoms. The van der Waals surface area contributed by atoms with E-state index >= 15 is 0 Å². The van der Waals surface area contributed by atoms with E-state index in [1.54, 1.807) is 25.0 Å². The molecule has 4 heterocycles. The minimum absolute atomic E-state index is 0.507. The average molecular weight is 384 g/mol. The van der Waals surface area contributed by atoms with Crippen LogP contribution in [0.25, 0.3) is 22.0 Å². The Balaban J connectivity index is 1.45. The third kappa shape index (κ3) is 3.40. The first-order valence-corrected chi connectivity index (χ1v) is 9.50. The van der Waals surface area contributed by atoms with Crippen LogP contribution in [0.1, 0.15) is 0 Å². The van der Waals surface area contributed by atoms with Crippen molar-refractivity contribution in [2.45, 2.75) is 0 Å². The van der Waals surface area contributed by atoms with Gasteiger partial charge in [-0.25, -0.2) is 24.9 Å². The first kappa shape index (κ1) is 17.3. The highest BCUT2D eigenvalue weighted by Gasteiger charge is 2.21. The lowest BCUT2D eigenvalue weighted by molar-refractivity contribution is 0.642. The molecule has 29 heavy (non-hydrogen) atoms. The van der Waals surface area contributed by atoms with Crippen LogP contribution in [0.5, 0.6) is 0 Å². The van der Waals surface area contributed by atoms with Gasteiger partial charge in [-0.1, -0.05) is 6.07 Å². The fraction of sp³-hybridized carbons (Fsp3) is 0.190. The molecule has 0 aliphatic carbocycles. The molecule has 1 saturated heterocycles. The molecule has 1 aliphatic heterocycles. The largest absolute Gasteiger partial charge is 0.384 e. The monoisotopic (exact) mass is 384 g/mol. The van der Waals surface area contributed by atoms with Crippen molar-refractivity contribution in [1.29, 1.82) is 0 Å². The van der Waals surface area contributed by atoms with Crippen molar-refractivity contribution < 1.29 is 0 Å². The molecule has 2 N–H and O–H groups in total. The third-order valence-electron chi connectivity index (χ3n) is 5.20. The van der Waals surface area contributed by atoms with E-state index in [-0.39, 0.29) is 0 Å². The van der Waals surface area contributed by atoms with Crippen molar-refractivity contribution in [1.82, 2.24) is 24.9 Å². The second-order valence-corrected chi connectivity index (χ2v) is 6.94. The van der Waals surface area contributed by atoms with Gasteiger partial charge in [0.25, 0.3) is 0 Å². The highest BCUT2D eigenvalue weighted by Crippen LogP contribution is 2.30. The number of rotatable bonds is 3. The van der Waals surface area contributed by atoms with Crippen molar-refractivity contribution in [2.75, 3.05) is 41.7 Å². The summed E-state index contributed by atoms with van der Waals surface area (Å²) in [7, 11) is 0. The molecule has 1 aliphatic rings. The van der Waals surface area contributed by atoms with Crippen LogP contribution in [-0.2, 0) is 0 Å². The standard InChI is InChI=1S/C21H20N8/c22-19-12-16(3-6-24-19)15-1-2-18-17(11-15)21(27-14-25-18)29-9-7-28(8-10-29)20-4-5-23-13-26-20/h1-6,11-14H,7-10H2,(H2,22,24). The molecule has 0 radical (unpaired) electrons. The van der Waals surface area contributed by atoms with Gasteiger partial charge in [-0.05, 0) is 41.5 Å². The Morgan fingerprint density at radius 3 is 2.34 bits per heavy atom. The molecule has 3 aromatic heterocycles. The van der Waals surface area contributed by atoms with E-state index in [1.165, 1.54) is 0 Å². The summed E-state index contributed by atoms with van der Waals surface area (Å²) >= 11 is 0. The summed E-state index contributed by atoms with van der Waals surface area (Å²) in [5.74, 6) is 2.43. The minimum Gasteiger partial charge on any atom is -0.384 e. The quantitative estimate of drug-likeness (QED) is 0.575. The third-order valence-corrected chi connectivity index (χ3v) is 5.20. The Morgan fingerprint density at radius 1 is 0.724 bits per heavy atom. The van der Waals surface area contributed by atoms with Crippen molar-refractivity contribution in [3.05, 3.63) is 61.4 Å². The molecule has 0 spiro atoms. The summed E-state index contributed by atoms with van der Waals surface area (Å²) in [6, 6.07) is 12.0. The number of nitrogens with two attached hydrogens (primary N) is 1. The van der Waals surface area contributed by atoms with Crippen LogP contribution in [0.15, 0.2) is 61.4 Å². The fourth-order valence-corrected chi connectivity index (χ4v) is 3.72. The van der Waals surface area contributed by atoms with Crippen molar-refractivity contribution >= 4 is 28.4 Å². The maximum atomic E-state index is 5.86.